The number of amides is 1. The largest absolute Gasteiger partial charge is 0.491 e. The minimum Gasteiger partial charge on any atom is -0.491 e. The third kappa shape index (κ3) is 5.48. The van der Waals surface area contributed by atoms with Crippen molar-refractivity contribution in [3.63, 3.8) is 0 Å². The number of nitrogens with two attached hydrogens (primary N) is 1. The average molecular weight is 485 g/mol. The number of rotatable bonds is 9. The second kappa shape index (κ2) is 10.4. The zero-order chi connectivity index (χ0) is 23.2. The van der Waals surface area contributed by atoms with E-state index in [1.54, 1.807) is 47.4 Å². The lowest BCUT2D eigenvalue weighted by Crippen LogP contribution is -2.21. The van der Waals surface area contributed by atoms with Gasteiger partial charge >= 0.3 is 0 Å². The van der Waals surface area contributed by atoms with Gasteiger partial charge < -0.3 is 20.8 Å². The summed E-state index contributed by atoms with van der Waals surface area (Å²) in [5.74, 6) is 0.308. The smallest absolute Gasteiger partial charge is 0.261 e. The molecule has 0 aliphatic carbocycles. The number of H-pyrrole nitrogens is 1. The van der Waals surface area contributed by atoms with Crippen LogP contribution in [0.25, 0.3) is 16.8 Å². The number of benzene rings is 1. The zero-order valence-electron chi connectivity index (χ0n) is 17.5. The van der Waals surface area contributed by atoms with Crippen LogP contribution in [-0.2, 0) is 6.54 Å². The van der Waals surface area contributed by atoms with Gasteiger partial charge in [0.15, 0.2) is 0 Å². The standard InChI is InChI=1S/C22H21ClN6O3S/c23-20-7-6-19(33-20)22(31)26-12-15-13-29(28-27-15)17-5-4-14(11-18(17)32-10-2-8-24)16-3-1-9-25-21(16)30/h1,3-7,9,11,13H,2,8,10,12,24H2,(H,25,30)(H,26,31). The molecule has 0 saturated heterocycles. The summed E-state index contributed by atoms with van der Waals surface area (Å²) < 4.78 is 8.06. The molecule has 1 aromatic carbocycles. The van der Waals surface area contributed by atoms with Crippen LogP contribution in [0.2, 0.25) is 4.34 Å². The first-order valence-corrected chi connectivity index (χ1v) is 11.3. The van der Waals surface area contributed by atoms with Crippen LogP contribution in [0, 0.1) is 0 Å². The Morgan fingerprint density at radius 3 is 2.91 bits per heavy atom. The molecule has 0 radical (unpaired) electrons. The van der Waals surface area contributed by atoms with Gasteiger partial charge in [0, 0.05) is 11.8 Å². The molecular weight excluding hydrogens is 464 g/mol. The van der Waals surface area contributed by atoms with Gasteiger partial charge in [-0.1, -0.05) is 22.9 Å². The Morgan fingerprint density at radius 1 is 1.27 bits per heavy atom. The summed E-state index contributed by atoms with van der Waals surface area (Å²) in [6, 6.07) is 12.3. The minimum atomic E-state index is -0.232. The molecule has 33 heavy (non-hydrogen) atoms. The van der Waals surface area contributed by atoms with Crippen LogP contribution >= 0.6 is 22.9 Å². The van der Waals surface area contributed by atoms with Gasteiger partial charge in [0.2, 0.25) is 0 Å². The summed E-state index contributed by atoms with van der Waals surface area (Å²) in [6.45, 7) is 1.12. The second-order valence-electron chi connectivity index (χ2n) is 7.03. The quantitative estimate of drug-likeness (QED) is 0.313. The van der Waals surface area contributed by atoms with Gasteiger partial charge in [-0.25, -0.2) is 4.68 Å². The molecule has 0 aliphatic rings. The fraction of sp³-hybridized carbons (Fsp3) is 0.182. The van der Waals surface area contributed by atoms with E-state index < -0.39 is 0 Å². The molecule has 0 spiro atoms. The van der Waals surface area contributed by atoms with E-state index in [0.717, 1.165) is 0 Å². The Bertz CT molecular complexity index is 1320. The van der Waals surface area contributed by atoms with Gasteiger partial charge in [0.1, 0.15) is 17.1 Å². The molecule has 0 fully saturated rings. The number of nitrogens with zero attached hydrogens (tertiary/aromatic N) is 3. The average Bonchev–Trinajstić information content (AvgIpc) is 3.47. The molecule has 4 rings (SSSR count). The Hall–Kier alpha value is -3.47. The first-order valence-electron chi connectivity index (χ1n) is 10.2. The number of thiophene rings is 1. The van der Waals surface area contributed by atoms with Crippen LogP contribution in [0.3, 0.4) is 0 Å². The Labute approximate surface area is 198 Å². The minimum absolute atomic E-state index is 0.191. The van der Waals surface area contributed by atoms with E-state index in [1.807, 2.05) is 12.1 Å². The molecule has 0 atom stereocenters. The molecule has 0 bridgehead atoms. The maximum Gasteiger partial charge on any atom is 0.261 e. The van der Waals surface area contributed by atoms with Gasteiger partial charge in [-0.2, -0.15) is 0 Å². The number of halogens is 1. The maximum atomic E-state index is 12.2. The van der Waals surface area contributed by atoms with Gasteiger partial charge in [0.05, 0.1) is 28.6 Å². The van der Waals surface area contributed by atoms with Crippen LogP contribution in [0.15, 0.2) is 59.7 Å². The lowest BCUT2D eigenvalue weighted by atomic mass is 10.1. The third-order valence-corrected chi connectivity index (χ3v) is 5.94. The predicted octanol–water partition coefficient (Wildman–Crippen LogP) is 3.00. The fourth-order valence-electron chi connectivity index (χ4n) is 3.09. The lowest BCUT2D eigenvalue weighted by molar-refractivity contribution is 0.0954. The van der Waals surface area contributed by atoms with Crippen molar-refractivity contribution in [2.24, 2.45) is 5.73 Å². The van der Waals surface area contributed by atoms with Gasteiger partial charge in [-0.15, -0.1) is 16.4 Å². The van der Waals surface area contributed by atoms with E-state index in [9.17, 15) is 9.59 Å². The van der Waals surface area contributed by atoms with Gasteiger partial charge in [-0.3, -0.25) is 9.59 Å². The highest BCUT2D eigenvalue weighted by molar-refractivity contribution is 7.17. The number of hydrogen-bond donors (Lipinski definition) is 3. The van der Waals surface area contributed by atoms with Crippen molar-refractivity contribution in [2.75, 3.05) is 13.2 Å². The number of aromatic amines is 1. The second-order valence-corrected chi connectivity index (χ2v) is 8.74. The molecule has 0 aliphatic heterocycles. The van der Waals surface area contributed by atoms with Crippen LogP contribution in [-0.4, -0.2) is 39.0 Å². The number of ether oxygens (including phenoxy) is 1. The predicted molar refractivity (Wildman–Crippen MR) is 127 cm³/mol. The fourth-order valence-corrected chi connectivity index (χ4v) is 4.05. The van der Waals surface area contributed by atoms with Crippen molar-refractivity contribution < 1.29 is 9.53 Å². The Morgan fingerprint density at radius 2 is 2.15 bits per heavy atom. The van der Waals surface area contributed by atoms with Crippen molar-refractivity contribution in [3.8, 4) is 22.6 Å². The summed E-state index contributed by atoms with van der Waals surface area (Å²) in [7, 11) is 0. The number of hydrogen-bond acceptors (Lipinski definition) is 7. The highest BCUT2D eigenvalue weighted by Gasteiger charge is 2.14. The van der Waals surface area contributed by atoms with Crippen LogP contribution in [0.4, 0.5) is 0 Å². The van der Waals surface area contributed by atoms with E-state index in [0.29, 0.717) is 57.0 Å². The molecule has 3 heterocycles. The first kappa shape index (κ1) is 22.7. The highest BCUT2D eigenvalue weighted by Crippen LogP contribution is 2.28. The van der Waals surface area contributed by atoms with Crippen molar-refractivity contribution in [1.82, 2.24) is 25.3 Å². The normalized spacial score (nSPS) is 10.8. The molecule has 4 N–H and O–H groups in total. The molecule has 4 aromatic rings. The van der Waals surface area contributed by atoms with Crippen molar-refractivity contribution in [1.29, 1.82) is 0 Å². The summed E-state index contributed by atoms with van der Waals surface area (Å²) in [4.78, 5) is 27.6. The number of carbonyl (C=O) groups excluding carboxylic acids is 1. The number of pyridine rings is 1. The van der Waals surface area contributed by atoms with E-state index >= 15 is 0 Å². The topological polar surface area (TPSA) is 128 Å². The first-order chi connectivity index (χ1) is 16.0. The van der Waals surface area contributed by atoms with E-state index in [1.165, 1.54) is 11.3 Å². The Kier molecular flexibility index (Phi) is 7.18. The summed E-state index contributed by atoms with van der Waals surface area (Å²) in [5, 5.41) is 11.1. The lowest BCUT2D eigenvalue weighted by Gasteiger charge is -2.13. The molecule has 3 aromatic heterocycles. The number of nitrogens with one attached hydrogen (secondary N) is 2. The van der Waals surface area contributed by atoms with Gasteiger partial charge in [-0.05, 0) is 54.9 Å². The number of carbonyl (C=O) groups is 1. The van der Waals surface area contributed by atoms with E-state index in [4.69, 9.17) is 22.1 Å². The third-order valence-electron chi connectivity index (χ3n) is 4.71. The summed E-state index contributed by atoms with van der Waals surface area (Å²) >= 11 is 7.09. The molecular formula is C22H21ClN6O3S. The van der Waals surface area contributed by atoms with Crippen molar-refractivity contribution in [3.05, 3.63) is 80.1 Å². The van der Waals surface area contributed by atoms with Crippen LogP contribution in [0.5, 0.6) is 5.75 Å². The monoisotopic (exact) mass is 484 g/mol. The molecule has 170 valence electrons. The number of aromatic nitrogens is 4. The molecule has 11 heteroatoms. The maximum absolute atomic E-state index is 12.2. The summed E-state index contributed by atoms with van der Waals surface area (Å²) in [6.07, 6.45) is 3.97. The van der Waals surface area contributed by atoms with E-state index in [-0.39, 0.29) is 18.0 Å². The molecule has 9 nitrogen and oxygen atoms in total. The van der Waals surface area contributed by atoms with E-state index in [2.05, 4.69) is 20.6 Å². The molecule has 1 amide bonds. The molecule has 0 saturated carbocycles. The summed E-state index contributed by atoms with van der Waals surface area (Å²) in [5.41, 5.74) is 7.87. The SMILES string of the molecule is NCCCOc1cc(-c2ccc[nH]c2=O)ccc1-n1cc(CNC(=O)c2ccc(Cl)s2)nn1. The van der Waals surface area contributed by atoms with Crippen LogP contribution < -0.4 is 21.3 Å². The van der Waals surface area contributed by atoms with Gasteiger partial charge in [0.25, 0.3) is 11.5 Å². The Balaban J connectivity index is 1.56. The van der Waals surface area contributed by atoms with Crippen LogP contribution in [0.1, 0.15) is 21.8 Å². The highest BCUT2D eigenvalue weighted by atomic mass is 35.5. The zero-order valence-corrected chi connectivity index (χ0v) is 19.0. The van der Waals surface area contributed by atoms with Crippen molar-refractivity contribution in [2.45, 2.75) is 13.0 Å². The molecule has 0 unspecified atom stereocenters. The van der Waals surface area contributed by atoms with Crippen molar-refractivity contribution >= 4 is 28.8 Å².